The maximum absolute atomic E-state index is 13.2. The number of phosphoric acid groups is 1. The quantitative estimate of drug-likeness (QED) is 0.127. The Labute approximate surface area is 219 Å². The van der Waals surface area contributed by atoms with Gasteiger partial charge in [-0.15, -0.1) is 0 Å². The van der Waals surface area contributed by atoms with Gasteiger partial charge in [-0.3, -0.25) is 9.59 Å². The van der Waals surface area contributed by atoms with Gasteiger partial charge in [0.25, 0.3) is 11.8 Å². The minimum atomic E-state index is -4.86. The molecule has 2 aromatic rings. The summed E-state index contributed by atoms with van der Waals surface area (Å²) >= 11 is 0. The fraction of sp³-hybridized carbons (Fsp3) is 0.348. The molecule has 0 fully saturated rings. The van der Waals surface area contributed by atoms with E-state index in [-0.39, 0.29) is 23.9 Å². The highest BCUT2D eigenvalue weighted by atomic mass is 31.2. The van der Waals surface area contributed by atoms with E-state index >= 15 is 0 Å². The number of nitrogens with one attached hydrogen (secondary N) is 2. The zero-order chi connectivity index (χ0) is 28.5. The predicted octanol–water partition coefficient (Wildman–Crippen LogP) is 2.50. The second-order valence-electron chi connectivity index (χ2n) is 7.88. The zero-order valence-corrected chi connectivity index (χ0v) is 22.3. The molecule has 15 heteroatoms. The van der Waals surface area contributed by atoms with Crippen LogP contribution < -0.4 is 11.1 Å². The lowest BCUT2D eigenvalue weighted by Crippen LogP contribution is -2.38. The normalized spacial score (nSPS) is 12.0. The third-order valence-corrected chi connectivity index (χ3v) is 5.58. The van der Waals surface area contributed by atoms with Gasteiger partial charge < -0.3 is 30.6 Å². The zero-order valence-electron chi connectivity index (χ0n) is 21.4. The number of amidine groups is 1. The van der Waals surface area contributed by atoms with Crippen molar-refractivity contribution in [2.45, 2.75) is 34.1 Å². The van der Waals surface area contributed by atoms with Crippen LogP contribution in [0.1, 0.15) is 57.8 Å². The van der Waals surface area contributed by atoms with E-state index in [1.807, 2.05) is 13.8 Å². The van der Waals surface area contributed by atoms with Crippen molar-refractivity contribution in [1.82, 2.24) is 15.2 Å². The van der Waals surface area contributed by atoms with Crippen molar-refractivity contribution in [1.29, 1.82) is 0 Å². The Morgan fingerprint density at radius 1 is 1.24 bits per heavy atom. The van der Waals surface area contributed by atoms with Gasteiger partial charge in [-0.1, -0.05) is 13.0 Å². The molecule has 0 unspecified atom stereocenters. The first kappa shape index (κ1) is 30.4. The molecular formula is C23H31N6O8P. The Kier molecular flexibility index (Phi) is 10.9. The largest absolute Gasteiger partial charge is 0.472 e. The van der Waals surface area contributed by atoms with Crippen LogP contribution in [0.5, 0.6) is 0 Å². The summed E-state index contributed by atoms with van der Waals surface area (Å²) in [5.41, 5.74) is 8.01. The van der Waals surface area contributed by atoms with Crippen molar-refractivity contribution in [2.75, 3.05) is 19.9 Å². The minimum absolute atomic E-state index is 0.0265. The first-order valence-electron chi connectivity index (χ1n) is 11.5. The van der Waals surface area contributed by atoms with Gasteiger partial charge in [0.2, 0.25) is 6.79 Å². The molecule has 3 amide bonds. The third kappa shape index (κ3) is 8.08. The molecule has 206 valence electrons. The Balaban J connectivity index is 2.41. The van der Waals surface area contributed by atoms with Gasteiger partial charge in [-0.25, -0.2) is 28.8 Å². The summed E-state index contributed by atoms with van der Waals surface area (Å²) in [6.07, 6.45) is 1.65. The van der Waals surface area contributed by atoms with E-state index < -0.39 is 26.6 Å². The van der Waals surface area contributed by atoms with Gasteiger partial charge in [0.15, 0.2) is 5.84 Å². The molecule has 0 aliphatic heterocycles. The molecule has 0 radical (unpaired) electrons. The van der Waals surface area contributed by atoms with Gasteiger partial charge in [-0.2, -0.15) is 0 Å². The van der Waals surface area contributed by atoms with Gasteiger partial charge >= 0.3 is 13.9 Å². The number of hydrogen-bond acceptors (Lipinski definition) is 7. The number of aromatic nitrogens is 1. The summed E-state index contributed by atoms with van der Waals surface area (Å²) in [6.45, 7) is 6.37. The first-order valence-corrected chi connectivity index (χ1v) is 13.0. The van der Waals surface area contributed by atoms with Crippen LogP contribution in [-0.4, -0.2) is 69.6 Å². The van der Waals surface area contributed by atoms with E-state index in [1.54, 1.807) is 32.0 Å². The molecule has 0 atom stereocenters. The summed E-state index contributed by atoms with van der Waals surface area (Å²) in [4.78, 5) is 67.8. The number of carbonyl (C=O) groups is 3. The molecule has 1 aromatic heterocycles. The van der Waals surface area contributed by atoms with Crippen LogP contribution >= 0.6 is 7.82 Å². The molecule has 0 saturated heterocycles. The maximum Gasteiger partial charge on any atom is 0.472 e. The van der Waals surface area contributed by atoms with Gasteiger partial charge in [0.05, 0.1) is 23.3 Å². The number of nitrogens with zero attached hydrogens (tertiary/aromatic N) is 3. The highest BCUT2D eigenvalue weighted by molar-refractivity contribution is 7.46. The molecule has 0 aliphatic rings. The van der Waals surface area contributed by atoms with Crippen LogP contribution in [0, 0.1) is 13.8 Å². The number of benzene rings is 1. The van der Waals surface area contributed by atoms with Crippen molar-refractivity contribution in [3.8, 4) is 0 Å². The number of imide groups is 1. The van der Waals surface area contributed by atoms with Crippen LogP contribution in [0.15, 0.2) is 34.4 Å². The van der Waals surface area contributed by atoms with E-state index in [1.165, 1.54) is 6.20 Å². The lowest BCUT2D eigenvalue weighted by Gasteiger charge is -2.19. The van der Waals surface area contributed by atoms with E-state index in [2.05, 4.69) is 24.8 Å². The average Bonchev–Trinajstić information content (AvgIpc) is 3.23. The molecular weight excluding hydrogens is 519 g/mol. The predicted molar refractivity (Wildman–Crippen MR) is 139 cm³/mol. The highest BCUT2D eigenvalue weighted by Gasteiger charge is 2.28. The molecule has 2 rings (SSSR count). The molecule has 38 heavy (non-hydrogen) atoms. The van der Waals surface area contributed by atoms with Crippen molar-refractivity contribution < 1.29 is 38.0 Å². The Hall–Kier alpha value is -3.84. The molecule has 0 aliphatic carbocycles. The second kappa shape index (κ2) is 13.6. The topological polar surface area (TPSA) is 209 Å². The second-order valence-corrected chi connectivity index (χ2v) is 9.12. The van der Waals surface area contributed by atoms with Crippen LogP contribution in [0.4, 0.5) is 10.5 Å². The summed E-state index contributed by atoms with van der Waals surface area (Å²) in [5.74, 6) is -0.857. The molecule has 1 aromatic carbocycles. The maximum atomic E-state index is 13.2. The number of nitrogens with two attached hydrogens (primary N) is 1. The standard InChI is InChI=1S/C23H31N6O8P/c1-5-9-29(23(32)36-13-37-38(33,34)35)22(31)17-11-26-19(15(17)4)20(27-12-24)28-18-10-16(8-7-14(18)3)21(30)25-6-2/h7-8,10-12,26H,5-6,9,13H2,1-4H3,(H,25,30)(H2,24,27,28)(H2,33,34,35). The molecule has 0 spiro atoms. The first-order chi connectivity index (χ1) is 17.9. The Bertz CT molecular complexity index is 1280. The Morgan fingerprint density at radius 3 is 2.55 bits per heavy atom. The number of hydrogen-bond donors (Lipinski definition) is 5. The number of aliphatic imine (C=N–C) groups is 2. The summed E-state index contributed by atoms with van der Waals surface area (Å²) in [7, 11) is -4.86. The van der Waals surface area contributed by atoms with Crippen LogP contribution in [-0.2, 0) is 13.8 Å². The van der Waals surface area contributed by atoms with Gasteiger partial charge in [0, 0.05) is 24.8 Å². The van der Waals surface area contributed by atoms with Crippen molar-refractivity contribution in [2.24, 2.45) is 15.7 Å². The van der Waals surface area contributed by atoms with Gasteiger partial charge in [-0.05, 0) is 50.5 Å². The van der Waals surface area contributed by atoms with E-state index in [0.717, 1.165) is 16.8 Å². The smallest absolute Gasteiger partial charge is 0.421 e. The fourth-order valence-electron chi connectivity index (χ4n) is 3.29. The average molecular weight is 551 g/mol. The molecule has 0 bridgehead atoms. The Morgan fingerprint density at radius 2 is 1.95 bits per heavy atom. The van der Waals surface area contributed by atoms with Crippen LogP contribution in [0.2, 0.25) is 0 Å². The number of H-pyrrole nitrogens is 1. The van der Waals surface area contributed by atoms with Crippen LogP contribution in [0.3, 0.4) is 0 Å². The van der Waals surface area contributed by atoms with Crippen molar-refractivity contribution in [3.05, 3.63) is 52.3 Å². The van der Waals surface area contributed by atoms with Crippen molar-refractivity contribution >= 4 is 43.6 Å². The highest BCUT2D eigenvalue weighted by Crippen LogP contribution is 2.35. The number of ether oxygens (including phenoxy) is 1. The van der Waals surface area contributed by atoms with E-state index in [0.29, 0.717) is 35.5 Å². The molecule has 0 saturated carbocycles. The summed E-state index contributed by atoms with van der Waals surface area (Å²) < 4.78 is 19.6. The SMILES string of the molecule is CCCN(C(=O)OCOP(=O)(O)O)C(=O)c1c[nH]c(C(N=CN)=Nc2cc(C(=O)NCC)ccc2C)c1C. The lowest BCUT2D eigenvalue weighted by atomic mass is 10.1. The van der Waals surface area contributed by atoms with E-state index in [9.17, 15) is 18.9 Å². The third-order valence-electron chi connectivity index (χ3n) is 5.14. The lowest BCUT2D eigenvalue weighted by molar-refractivity contribution is 0.0203. The summed E-state index contributed by atoms with van der Waals surface area (Å²) in [6, 6.07) is 5.03. The number of aromatic amines is 1. The molecule has 6 N–H and O–H groups in total. The number of aryl methyl sites for hydroxylation is 1. The van der Waals surface area contributed by atoms with Crippen molar-refractivity contribution in [3.63, 3.8) is 0 Å². The van der Waals surface area contributed by atoms with Crippen LogP contribution in [0.25, 0.3) is 0 Å². The number of rotatable bonds is 10. The molecule has 1 heterocycles. The monoisotopic (exact) mass is 550 g/mol. The number of phosphoric ester groups is 1. The number of carbonyl (C=O) groups excluding carboxylic acids is 3. The molecule has 14 nitrogen and oxygen atoms in total. The van der Waals surface area contributed by atoms with E-state index in [4.69, 9.17) is 20.3 Å². The van der Waals surface area contributed by atoms with Gasteiger partial charge in [0.1, 0.15) is 0 Å². The minimum Gasteiger partial charge on any atom is -0.421 e. The fourth-order valence-corrected chi connectivity index (χ4v) is 3.48. The summed E-state index contributed by atoms with van der Waals surface area (Å²) in [5, 5.41) is 2.72. The number of amides is 3.